The first-order valence-corrected chi connectivity index (χ1v) is 9.98. The predicted molar refractivity (Wildman–Crippen MR) is 92.6 cm³/mol. The first kappa shape index (κ1) is 15.8. The Bertz CT molecular complexity index is 659. The lowest BCUT2D eigenvalue weighted by Gasteiger charge is -2.28. The third kappa shape index (κ3) is 3.83. The highest BCUT2D eigenvalue weighted by Gasteiger charge is 2.20. The van der Waals surface area contributed by atoms with Gasteiger partial charge >= 0.3 is 0 Å². The van der Waals surface area contributed by atoms with Crippen LogP contribution in [0.1, 0.15) is 18.1 Å². The van der Waals surface area contributed by atoms with Gasteiger partial charge in [0.15, 0.2) is 8.68 Å². The topological polar surface area (TPSA) is 46.1 Å². The second-order valence-corrected chi connectivity index (χ2v) is 8.60. The zero-order valence-electron chi connectivity index (χ0n) is 12.3. The molecule has 0 bridgehead atoms. The van der Waals surface area contributed by atoms with E-state index in [1.807, 2.05) is 11.0 Å². The summed E-state index contributed by atoms with van der Waals surface area (Å²) < 4.78 is 1.85. The van der Waals surface area contributed by atoms with E-state index in [0.717, 1.165) is 33.9 Å². The molecule has 0 spiro atoms. The summed E-state index contributed by atoms with van der Waals surface area (Å²) in [6.45, 7) is 3.63. The van der Waals surface area contributed by atoms with Gasteiger partial charge in [-0.05, 0) is 23.3 Å². The standard InChI is InChI=1S/C15H17N3OS3/c1-2-20-14-16-17-15(22-14)21-10-13(19)18-8-7-11-5-3-4-6-12(11)9-18/h3-6H,2,7-10H2,1H3. The lowest BCUT2D eigenvalue weighted by atomic mass is 10.00. The van der Waals surface area contributed by atoms with Crippen LogP contribution in [0.15, 0.2) is 32.9 Å². The monoisotopic (exact) mass is 351 g/mol. The number of fused-ring (bicyclic) bond motifs is 1. The summed E-state index contributed by atoms with van der Waals surface area (Å²) in [5, 5.41) is 8.24. The van der Waals surface area contributed by atoms with Gasteiger partial charge in [0.1, 0.15) is 0 Å². The summed E-state index contributed by atoms with van der Waals surface area (Å²) in [4.78, 5) is 14.3. The fourth-order valence-electron chi connectivity index (χ4n) is 2.36. The SMILES string of the molecule is CCSc1nnc(SCC(=O)N2CCc3ccccc3C2)s1. The summed E-state index contributed by atoms with van der Waals surface area (Å²) in [7, 11) is 0. The van der Waals surface area contributed by atoms with Crippen molar-refractivity contribution < 1.29 is 4.79 Å². The number of nitrogens with zero attached hydrogens (tertiary/aromatic N) is 3. The van der Waals surface area contributed by atoms with Gasteiger partial charge in [0, 0.05) is 13.1 Å². The van der Waals surface area contributed by atoms with Crippen molar-refractivity contribution >= 4 is 40.8 Å². The van der Waals surface area contributed by atoms with Gasteiger partial charge in [-0.2, -0.15) is 0 Å². The maximum Gasteiger partial charge on any atom is 0.233 e. The Morgan fingerprint density at radius 3 is 2.73 bits per heavy atom. The molecular weight excluding hydrogens is 334 g/mol. The average Bonchev–Trinajstić information content (AvgIpc) is 3.00. The van der Waals surface area contributed by atoms with E-state index in [1.165, 1.54) is 22.9 Å². The second-order valence-electron chi connectivity index (χ2n) is 4.89. The second kappa shape index (κ2) is 7.48. The van der Waals surface area contributed by atoms with Gasteiger partial charge in [0.2, 0.25) is 5.91 Å². The molecule has 3 rings (SSSR count). The summed E-state index contributed by atoms with van der Waals surface area (Å²) >= 11 is 4.75. The van der Waals surface area contributed by atoms with Crippen molar-refractivity contribution in [2.24, 2.45) is 0 Å². The maximum atomic E-state index is 12.4. The van der Waals surface area contributed by atoms with Crippen LogP contribution in [0.25, 0.3) is 0 Å². The molecule has 0 fully saturated rings. The molecule has 7 heteroatoms. The van der Waals surface area contributed by atoms with Crippen LogP contribution >= 0.6 is 34.9 Å². The van der Waals surface area contributed by atoms with Crippen LogP contribution < -0.4 is 0 Å². The largest absolute Gasteiger partial charge is 0.337 e. The molecule has 22 heavy (non-hydrogen) atoms. The Balaban J connectivity index is 1.54. The fraction of sp³-hybridized carbons (Fsp3) is 0.400. The summed E-state index contributed by atoms with van der Waals surface area (Å²) in [6, 6.07) is 8.37. The van der Waals surface area contributed by atoms with Gasteiger partial charge in [0.05, 0.1) is 5.75 Å². The van der Waals surface area contributed by atoms with Crippen molar-refractivity contribution in [3.63, 3.8) is 0 Å². The normalized spacial score (nSPS) is 14.0. The van der Waals surface area contributed by atoms with Crippen molar-refractivity contribution in [3.8, 4) is 0 Å². The van der Waals surface area contributed by atoms with Crippen LogP contribution in [-0.4, -0.2) is 39.1 Å². The van der Waals surface area contributed by atoms with Crippen molar-refractivity contribution in [3.05, 3.63) is 35.4 Å². The van der Waals surface area contributed by atoms with E-state index in [0.29, 0.717) is 5.75 Å². The molecule has 0 unspecified atom stereocenters. The van der Waals surface area contributed by atoms with Gasteiger partial charge in [-0.3, -0.25) is 4.79 Å². The zero-order chi connectivity index (χ0) is 15.4. The molecule has 1 aromatic carbocycles. The molecular formula is C15H17N3OS3. The van der Waals surface area contributed by atoms with E-state index in [2.05, 4.69) is 35.3 Å². The third-order valence-electron chi connectivity index (χ3n) is 3.46. The Hall–Kier alpha value is -1.05. The molecule has 116 valence electrons. The highest BCUT2D eigenvalue weighted by atomic mass is 32.2. The lowest BCUT2D eigenvalue weighted by Crippen LogP contribution is -2.37. The molecule has 4 nitrogen and oxygen atoms in total. The van der Waals surface area contributed by atoms with E-state index in [-0.39, 0.29) is 5.91 Å². The number of hydrogen-bond acceptors (Lipinski definition) is 6. The number of rotatable bonds is 5. The van der Waals surface area contributed by atoms with Crippen LogP contribution in [0.3, 0.4) is 0 Å². The van der Waals surface area contributed by atoms with Gasteiger partial charge in [0.25, 0.3) is 0 Å². The number of thioether (sulfide) groups is 2. The third-order valence-corrected chi connectivity index (χ3v) is 6.52. The Labute approximate surface area is 142 Å². The van der Waals surface area contributed by atoms with Gasteiger partial charge in [-0.15, -0.1) is 10.2 Å². The van der Waals surface area contributed by atoms with Crippen molar-refractivity contribution in [1.29, 1.82) is 0 Å². The number of hydrogen-bond donors (Lipinski definition) is 0. The minimum atomic E-state index is 0.180. The van der Waals surface area contributed by atoms with E-state index in [4.69, 9.17) is 0 Å². The molecule has 1 amide bonds. The molecule has 2 aromatic rings. The van der Waals surface area contributed by atoms with Crippen molar-refractivity contribution in [2.75, 3.05) is 18.1 Å². The molecule has 1 aliphatic rings. The fourth-order valence-corrected chi connectivity index (χ4v) is 5.18. The van der Waals surface area contributed by atoms with Gasteiger partial charge in [-0.1, -0.05) is 66.0 Å². The first-order chi connectivity index (χ1) is 10.8. The number of carbonyl (C=O) groups excluding carboxylic acids is 1. The summed E-state index contributed by atoms with van der Waals surface area (Å²) in [5.74, 6) is 1.61. The predicted octanol–water partition coefficient (Wildman–Crippen LogP) is 3.33. The smallest absolute Gasteiger partial charge is 0.233 e. The minimum Gasteiger partial charge on any atom is -0.337 e. The van der Waals surface area contributed by atoms with Crippen LogP contribution in [0, 0.1) is 0 Å². The summed E-state index contributed by atoms with van der Waals surface area (Å²) in [6.07, 6.45) is 0.947. The molecule has 1 aliphatic heterocycles. The molecule has 0 saturated carbocycles. The molecule has 0 N–H and O–H groups in total. The molecule has 0 aliphatic carbocycles. The Morgan fingerprint density at radius 1 is 1.23 bits per heavy atom. The molecule has 0 atom stereocenters. The minimum absolute atomic E-state index is 0.180. The average molecular weight is 352 g/mol. The quantitative estimate of drug-likeness (QED) is 0.773. The van der Waals surface area contributed by atoms with E-state index < -0.39 is 0 Å². The van der Waals surface area contributed by atoms with Gasteiger partial charge in [-0.25, -0.2) is 0 Å². The van der Waals surface area contributed by atoms with Crippen LogP contribution in [-0.2, 0) is 17.8 Å². The summed E-state index contributed by atoms with van der Waals surface area (Å²) in [5.41, 5.74) is 2.63. The van der Waals surface area contributed by atoms with Crippen molar-refractivity contribution in [1.82, 2.24) is 15.1 Å². The molecule has 2 heterocycles. The van der Waals surface area contributed by atoms with Gasteiger partial charge < -0.3 is 4.90 Å². The number of carbonyl (C=O) groups is 1. The van der Waals surface area contributed by atoms with E-state index in [9.17, 15) is 4.79 Å². The highest BCUT2D eigenvalue weighted by Crippen LogP contribution is 2.29. The van der Waals surface area contributed by atoms with Crippen LogP contribution in [0.2, 0.25) is 0 Å². The maximum absolute atomic E-state index is 12.4. The first-order valence-electron chi connectivity index (χ1n) is 7.20. The van der Waals surface area contributed by atoms with Crippen LogP contribution in [0.4, 0.5) is 0 Å². The highest BCUT2D eigenvalue weighted by molar-refractivity contribution is 8.03. The van der Waals surface area contributed by atoms with E-state index in [1.54, 1.807) is 23.1 Å². The lowest BCUT2D eigenvalue weighted by molar-refractivity contribution is -0.129. The Kier molecular flexibility index (Phi) is 5.38. The van der Waals surface area contributed by atoms with E-state index >= 15 is 0 Å². The number of benzene rings is 1. The number of aromatic nitrogens is 2. The molecule has 1 aromatic heterocycles. The Morgan fingerprint density at radius 2 is 1.95 bits per heavy atom. The molecule has 0 radical (unpaired) electrons. The van der Waals surface area contributed by atoms with Crippen molar-refractivity contribution in [2.45, 2.75) is 28.6 Å². The zero-order valence-corrected chi connectivity index (χ0v) is 14.8. The van der Waals surface area contributed by atoms with Crippen LogP contribution in [0.5, 0.6) is 0 Å². The number of amides is 1. The molecule has 0 saturated heterocycles.